The van der Waals surface area contributed by atoms with Crippen LogP contribution in [-0.2, 0) is 14.3 Å². The highest BCUT2D eigenvalue weighted by atomic mass is 16.6. The minimum atomic E-state index is -0.767. The second kappa shape index (κ2) is 6.38. The highest BCUT2D eigenvalue weighted by molar-refractivity contribution is 5.90. The van der Waals surface area contributed by atoms with Crippen LogP contribution in [0.4, 0.5) is 0 Å². The highest BCUT2D eigenvalue weighted by Crippen LogP contribution is 2.17. The number of likely N-dealkylation sites (tertiary alicyclic amines) is 1. The van der Waals surface area contributed by atoms with Gasteiger partial charge in [0, 0.05) is 12.6 Å². The van der Waals surface area contributed by atoms with Crippen molar-refractivity contribution in [3.05, 3.63) is 17.5 Å². The van der Waals surface area contributed by atoms with Gasteiger partial charge in [0.25, 0.3) is 5.91 Å². The average molecular weight is 295 g/mol. The van der Waals surface area contributed by atoms with Gasteiger partial charge >= 0.3 is 5.97 Å². The predicted molar refractivity (Wildman–Crippen MR) is 70.1 cm³/mol. The van der Waals surface area contributed by atoms with E-state index in [1.54, 1.807) is 6.92 Å². The molecule has 0 aromatic carbocycles. The second-order valence-electron chi connectivity index (χ2n) is 4.91. The number of primary amides is 1. The zero-order valence-corrected chi connectivity index (χ0v) is 11.7. The van der Waals surface area contributed by atoms with Crippen molar-refractivity contribution in [2.75, 3.05) is 13.2 Å². The van der Waals surface area contributed by atoms with Crippen LogP contribution >= 0.6 is 0 Å². The monoisotopic (exact) mass is 295 g/mol. The molecule has 2 amide bonds. The molecular weight excluding hydrogens is 278 g/mol. The summed E-state index contributed by atoms with van der Waals surface area (Å²) in [6, 6.07) is 0.789. The van der Waals surface area contributed by atoms with Crippen LogP contribution in [0, 0.1) is 6.92 Å². The molecule has 8 heteroatoms. The third kappa shape index (κ3) is 3.59. The van der Waals surface area contributed by atoms with Crippen LogP contribution in [0.2, 0.25) is 0 Å². The van der Waals surface area contributed by atoms with Crippen molar-refractivity contribution in [1.82, 2.24) is 10.1 Å². The molecule has 1 atom stereocenters. The standard InChI is InChI=1S/C13H17N3O5/c1-8-6-10(21-15-8)13(19)20-7-11(17)16-5-3-2-4-9(16)12(14)18/h6,9H,2-5,7H2,1H3,(H2,14,18)/t9-/m0/s1. The summed E-state index contributed by atoms with van der Waals surface area (Å²) in [6.07, 6.45) is 2.18. The summed E-state index contributed by atoms with van der Waals surface area (Å²) in [5.41, 5.74) is 5.82. The van der Waals surface area contributed by atoms with Gasteiger partial charge in [0.15, 0.2) is 6.61 Å². The smallest absolute Gasteiger partial charge is 0.377 e. The minimum absolute atomic E-state index is 0.0644. The molecule has 0 aliphatic carbocycles. The van der Waals surface area contributed by atoms with Gasteiger partial charge in [-0.25, -0.2) is 4.79 Å². The van der Waals surface area contributed by atoms with Gasteiger partial charge in [0.05, 0.1) is 5.69 Å². The number of piperidine rings is 1. The lowest BCUT2D eigenvalue weighted by Crippen LogP contribution is -2.51. The van der Waals surface area contributed by atoms with Crippen molar-refractivity contribution in [2.45, 2.75) is 32.2 Å². The maximum absolute atomic E-state index is 12.0. The van der Waals surface area contributed by atoms with Gasteiger partial charge in [-0.1, -0.05) is 5.16 Å². The first kappa shape index (κ1) is 15.0. The molecule has 1 aromatic rings. The van der Waals surface area contributed by atoms with Gasteiger partial charge < -0.3 is 19.9 Å². The topological polar surface area (TPSA) is 116 Å². The van der Waals surface area contributed by atoms with E-state index in [9.17, 15) is 14.4 Å². The lowest BCUT2D eigenvalue weighted by atomic mass is 10.0. The van der Waals surface area contributed by atoms with E-state index in [2.05, 4.69) is 5.16 Å². The minimum Gasteiger partial charge on any atom is -0.450 e. The number of carbonyl (C=O) groups is 3. The summed E-state index contributed by atoms with van der Waals surface area (Å²) in [6.45, 7) is 1.64. The molecule has 2 heterocycles. The molecule has 0 radical (unpaired) electrons. The Kier molecular flexibility index (Phi) is 4.56. The van der Waals surface area contributed by atoms with Crippen molar-refractivity contribution in [1.29, 1.82) is 0 Å². The Morgan fingerprint density at radius 3 is 2.86 bits per heavy atom. The number of hydrogen-bond donors (Lipinski definition) is 1. The van der Waals surface area contributed by atoms with Crippen LogP contribution in [0.3, 0.4) is 0 Å². The maximum Gasteiger partial charge on any atom is 0.377 e. The van der Waals surface area contributed by atoms with Crippen LogP contribution in [0.15, 0.2) is 10.6 Å². The predicted octanol–water partition coefficient (Wildman–Crippen LogP) is 0.00622. The summed E-state index contributed by atoms with van der Waals surface area (Å²) < 4.78 is 9.61. The zero-order chi connectivity index (χ0) is 15.4. The molecule has 1 fully saturated rings. The van der Waals surface area contributed by atoms with E-state index in [0.717, 1.165) is 12.8 Å². The molecular formula is C13H17N3O5. The van der Waals surface area contributed by atoms with Crippen molar-refractivity contribution in [3.8, 4) is 0 Å². The maximum atomic E-state index is 12.0. The van der Waals surface area contributed by atoms with Gasteiger partial charge in [0.1, 0.15) is 6.04 Å². The number of nitrogens with two attached hydrogens (primary N) is 1. The Morgan fingerprint density at radius 2 is 2.24 bits per heavy atom. The van der Waals surface area contributed by atoms with E-state index in [0.29, 0.717) is 18.7 Å². The van der Waals surface area contributed by atoms with Gasteiger partial charge in [-0.3, -0.25) is 9.59 Å². The summed E-state index contributed by atoms with van der Waals surface area (Å²) in [7, 11) is 0. The van der Waals surface area contributed by atoms with Gasteiger partial charge in [-0.15, -0.1) is 0 Å². The van der Waals surface area contributed by atoms with Crippen molar-refractivity contribution in [3.63, 3.8) is 0 Å². The summed E-state index contributed by atoms with van der Waals surface area (Å²) >= 11 is 0. The average Bonchev–Trinajstić information content (AvgIpc) is 2.91. The number of nitrogens with zero attached hydrogens (tertiary/aromatic N) is 2. The molecule has 1 aromatic heterocycles. The molecule has 114 valence electrons. The van der Waals surface area contributed by atoms with Crippen molar-refractivity contribution in [2.24, 2.45) is 5.73 Å². The first-order valence-corrected chi connectivity index (χ1v) is 6.68. The molecule has 21 heavy (non-hydrogen) atoms. The third-order valence-corrected chi connectivity index (χ3v) is 3.31. The molecule has 0 spiro atoms. The molecule has 2 N–H and O–H groups in total. The van der Waals surface area contributed by atoms with E-state index >= 15 is 0 Å². The van der Waals surface area contributed by atoms with Gasteiger partial charge in [-0.2, -0.15) is 0 Å². The van der Waals surface area contributed by atoms with E-state index in [4.69, 9.17) is 15.0 Å². The fourth-order valence-electron chi connectivity index (χ4n) is 2.27. The fraction of sp³-hybridized carbons (Fsp3) is 0.538. The van der Waals surface area contributed by atoms with Crippen LogP contribution < -0.4 is 5.73 Å². The van der Waals surface area contributed by atoms with E-state index in [-0.39, 0.29) is 5.76 Å². The Morgan fingerprint density at radius 1 is 1.48 bits per heavy atom. The number of esters is 1. The van der Waals surface area contributed by atoms with Gasteiger partial charge in [-0.05, 0) is 26.2 Å². The molecule has 0 unspecified atom stereocenters. The fourth-order valence-corrected chi connectivity index (χ4v) is 2.27. The lowest BCUT2D eigenvalue weighted by molar-refractivity contribution is -0.143. The van der Waals surface area contributed by atoms with Crippen molar-refractivity contribution >= 4 is 17.8 Å². The number of aryl methyl sites for hydroxylation is 1. The molecule has 1 aliphatic heterocycles. The Bertz CT molecular complexity index is 554. The van der Waals surface area contributed by atoms with E-state index < -0.39 is 30.4 Å². The number of ether oxygens (including phenoxy) is 1. The van der Waals surface area contributed by atoms with E-state index in [1.807, 2.05) is 0 Å². The number of carbonyl (C=O) groups excluding carboxylic acids is 3. The molecule has 1 saturated heterocycles. The summed E-state index contributed by atoms with van der Waals surface area (Å²) in [4.78, 5) is 36.4. The normalized spacial score (nSPS) is 18.3. The van der Waals surface area contributed by atoms with Crippen LogP contribution in [0.25, 0.3) is 0 Å². The summed E-state index contributed by atoms with van der Waals surface area (Å²) in [5.74, 6) is -1.81. The van der Waals surface area contributed by atoms with Crippen LogP contribution in [0.5, 0.6) is 0 Å². The summed E-state index contributed by atoms with van der Waals surface area (Å²) in [5, 5.41) is 3.56. The largest absolute Gasteiger partial charge is 0.450 e. The zero-order valence-electron chi connectivity index (χ0n) is 11.7. The Balaban J connectivity index is 1.91. The Labute approximate surface area is 121 Å². The number of aromatic nitrogens is 1. The SMILES string of the molecule is Cc1cc(C(=O)OCC(=O)N2CCCC[C@H]2C(N)=O)on1. The molecule has 0 saturated carbocycles. The van der Waals surface area contributed by atoms with Crippen LogP contribution in [0.1, 0.15) is 35.5 Å². The van der Waals surface area contributed by atoms with Crippen LogP contribution in [-0.4, -0.2) is 47.0 Å². The second-order valence-corrected chi connectivity index (χ2v) is 4.91. The number of amides is 2. The quantitative estimate of drug-likeness (QED) is 0.782. The first-order valence-electron chi connectivity index (χ1n) is 6.68. The molecule has 1 aliphatic rings. The van der Waals surface area contributed by atoms with Gasteiger partial charge in [0.2, 0.25) is 11.7 Å². The highest BCUT2D eigenvalue weighted by Gasteiger charge is 2.31. The Hall–Kier alpha value is -2.38. The lowest BCUT2D eigenvalue weighted by Gasteiger charge is -2.33. The third-order valence-electron chi connectivity index (χ3n) is 3.31. The molecule has 8 nitrogen and oxygen atoms in total. The molecule has 2 rings (SSSR count). The first-order chi connectivity index (χ1) is 9.99. The molecule has 0 bridgehead atoms. The number of hydrogen-bond acceptors (Lipinski definition) is 6. The van der Waals surface area contributed by atoms with Crippen molar-refractivity contribution < 1.29 is 23.6 Å². The van der Waals surface area contributed by atoms with E-state index in [1.165, 1.54) is 11.0 Å². The number of rotatable bonds is 4.